The number of carbonyl (C=O) groups is 1. The minimum Gasteiger partial charge on any atom is -0.371 e. The van der Waals surface area contributed by atoms with Crippen LogP contribution in [0.5, 0.6) is 0 Å². The lowest BCUT2D eigenvalue weighted by atomic mass is 10.2. The van der Waals surface area contributed by atoms with Crippen LogP contribution in [0.15, 0.2) is 67.1 Å². The van der Waals surface area contributed by atoms with Crippen LogP contribution < -0.4 is 15.5 Å². The average Bonchev–Trinajstić information content (AvgIpc) is 3.45. The predicted molar refractivity (Wildman–Crippen MR) is 125 cm³/mol. The summed E-state index contributed by atoms with van der Waals surface area (Å²) >= 11 is 0. The fraction of sp³-hybridized carbons (Fsp3) is 0.250. The maximum Gasteiger partial charge on any atom is 0.323 e. The van der Waals surface area contributed by atoms with E-state index in [9.17, 15) is 4.79 Å². The Bertz CT molecular complexity index is 1280. The first-order valence-corrected chi connectivity index (χ1v) is 11.1. The number of nitrogens with zero attached hydrogens (tertiary/aromatic N) is 5. The van der Waals surface area contributed by atoms with Crippen molar-refractivity contribution in [3.8, 4) is 11.4 Å². The molecule has 0 unspecified atom stereocenters. The van der Waals surface area contributed by atoms with Gasteiger partial charge in [0.1, 0.15) is 5.52 Å². The summed E-state index contributed by atoms with van der Waals surface area (Å²) in [6, 6.07) is 14.8. The number of benzene rings is 1. The smallest absolute Gasteiger partial charge is 0.323 e. The van der Waals surface area contributed by atoms with Crippen LogP contribution in [0.4, 0.5) is 22.0 Å². The molecular weight excluding hydrogens is 418 g/mol. The van der Waals surface area contributed by atoms with Crippen molar-refractivity contribution < 1.29 is 9.53 Å². The molecule has 2 atom stereocenters. The average molecular weight is 441 g/mol. The minimum absolute atomic E-state index is 0.278. The molecule has 2 aliphatic rings. The molecular formula is C24H23N7O2. The molecule has 2 N–H and O–H groups in total. The van der Waals surface area contributed by atoms with Gasteiger partial charge in [0.25, 0.3) is 0 Å². The molecule has 2 fully saturated rings. The van der Waals surface area contributed by atoms with Crippen LogP contribution in [0.1, 0.15) is 12.8 Å². The first-order valence-electron chi connectivity index (χ1n) is 11.1. The Morgan fingerprint density at radius 1 is 0.970 bits per heavy atom. The first kappa shape index (κ1) is 19.7. The molecule has 2 amide bonds. The van der Waals surface area contributed by atoms with Crippen LogP contribution in [-0.2, 0) is 4.74 Å². The van der Waals surface area contributed by atoms with E-state index < -0.39 is 0 Å². The number of morpholine rings is 1. The third-order valence-corrected chi connectivity index (χ3v) is 6.04. The van der Waals surface area contributed by atoms with Gasteiger partial charge in [-0.2, -0.15) is 0 Å². The van der Waals surface area contributed by atoms with E-state index in [0.29, 0.717) is 17.2 Å². The van der Waals surface area contributed by atoms with Gasteiger partial charge in [-0.15, -0.1) is 5.10 Å². The number of ether oxygens (including phenoxy) is 1. The second-order valence-corrected chi connectivity index (χ2v) is 8.36. The summed E-state index contributed by atoms with van der Waals surface area (Å²) in [5.74, 6) is 1.57. The van der Waals surface area contributed by atoms with Gasteiger partial charge in [-0.1, -0.05) is 0 Å². The van der Waals surface area contributed by atoms with Crippen molar-refractivity contribution in [2.75, 3.05) is 28.6 Å². The van der Waals surface area contributed by atoms with Crippen LogP contribution in [-0.4, -0.2) is 50.9 Å². The van der Waals surface area contributed by atoms with Crippen LogP contribution in [0.25, 0.3) is 16.9 Å². The maximum absolute atomic E-state index is 12.2. The molecule has 0 radical (unpaired) electrons. The van der Waals surface area contributed by atoms with Gasteiger partial charge < -0.3 is 20.3 Å². The number of rotatable bonds is 4. The first-order chi connectivity index (χ1) is 16.2. The number of carbonyl (C=O) groups excluding carboxylic acids is 1. The topological polar surface area (TPSA) is 96.7 Å². The van der Waals surface area contributed by atoms with Crippen LogP contribution in [0.3, 0.4) is 0 Å². The summed E-state index contributed by atoms with van der Waals surface area (Å²) in [7, 11) is 0. The van der Waals surface area contributed by atoms with Crippen molar-refractivity contribution in [2.45, 2.75) is 25.0 Å². The Balaban J connectivity index is 1.23. The lowest BCUT2D eigenvalue weighted by Crippen LogP contribution is -2.43. The molecule has 0 aliphatic carbocycles. The van der Waals surface area contributed by atoms with Crippen molar-refractivity contribution in [1.29, 1.82) is 0 Å². The van der Waals surface area contributed by atoms with E-state index >= 15 is 0 Å². The summed E-state index contributed by atoms with van der Waals surface area (Å²) < 4.78 is 7.88. The van der Waals surface area contributed by atoms with E-state index in [0.717, 1.165) is 42.8 Å². The van der Waals surface area contributed by atoms with Gasteiger partial charge in [0.15, 0.2) is 11.6 Å². The van der Waals surface area contributed by atoms with Crippen LogP contribution >= 0.6 is 0 Å². The predicted octanol–water partition coefficient (Wildman–Crippen LogP) is 3.80. The fourth-order valence-corrected chi connectivity index (χ4v) is 4.49. The molecule has 0 spiro atoms. The van der Waals surface area contributed by atoms with E-state index in [1.165, 1.54) is 0 Å². The Labute approximate surface area is 190 Å². The van der Waals surface area contributed by atoms with Crippen molar-refractivity contribution in [3.05, 3.63) is 67.1 Å². The van der Waals surface area contributed by atoms with Crippen molar-refractivity contribution in [1.82, 2.24) is 19.6 Å². The molecule has 4 aromatic rings. The van der Waals surface area contributed by atoms with Gasteiger partial charge in [-0.25, -0.2) is 14.3 Å². The molecule has 9 nitrogen and oxygen atoms in total. The highest BCUT2D eigenvalue weighted by atomic mass is 16.5. The van der Waals surface area contributed by atoms with E-state index in [4.69, 9.17) is 14.8 Å². The molecule has 1 aromatic carbocycles. The zero-order valence-electron chi connectivity index (χ0n) is 17.9. The van der Waals surface area contributed by atoms with E-state index in [1.54, 1.807) is 24.5 Å². The number of anilines is 3. The highest BCUT2D eigenvalue weighted by molar-refractivity contribution is 5.99. The molecule has 6 rings (SSSR count). The van der Waals surface area contributed by atoms with Gasteiger partial charge in [-0.05, 0) is 61.4 Å². The number of aromatic nitrogens is 4. The zero-order valence-corrected chi connectivity index (χ0v) is 17.9. The van der Waals surface area contributed by atoms with Gasteiger partial charge in [0, 0.05) is 36.7 Å². The summed E-state index contributed by atoms with van der Waals surface area (Å²) in [6.07, 6.45) is 7.97. The second kappa shape index (κ2) is 8.18. The largest absolute Gasteiger partial charge is 0.371 e. The SMILES string of the molecule is O=C(Nc1ccc(-c2nc(N3C[C@@H]4CC[C@@H](C3)O4)c3cccn3n2)cc1)Nc1cccnc1. The van der Waals surface area contributed by atoms with Gasteiger partial charge in [0.2, 0.25) is 0 Å². The van der Waals surface area contributed by atoms with E-state index in [2.05, 4.69) is 20.5 Å². The summed E-state index contributed by atoms with van der Waals surface area (Å²) in [4.78, 5) is 23.5. The Hall–Kier alpha value is -3.98. The number of hydrogen-bond donors (Lipinski definition) is 2. The minimum atomic E-state index is -0.329. The number of fused-ring (bicyclic) bond motifs is 3. The molecule has 166 valence electrons. The van der Waals surface area contributed by atoms with Gasteiger partial charge in [-0.3, -0.25) is 4.98 Å². The second-order valence-electron chi connectivity index (χ2n) is 8.36. The summed E-state index contributed by atoms with van der Waals surface area (Å²) in [5, 5.41) is 10.3. The van der Waals surface area contributed by atoms with Crippen LogP contribution in [0, 0.1) is 0 Å². The van der Waals surface area contributed by atoms with Gasteiger partial charge >= 0.3 is 6.03 Å². The van der Waals surface area contributed by atoms with Crippen molar-refractivity contribution in [2.24, 2.45) is 0 Å². The zero-order chi connectivity index (χ0) is 22.2. The highest BCUT2D eigenvalue weighted by Crippen LogP contribution is 2.32. The molecule has 2 bridgehead atoms. The Kier molecular flexibility index (Phi) is 4.88. The quantitative estimate of drug-likeness (QED) is 0.500. The molecule has 33 heavy (non-hydrogen) atoms. The number of nitrogens with one attached hydrogen (secondary N) is 2. The fourth-order valence-electron chi connectivity index (χ4n) is 4.49. The lowest BCUT2D eigenvalue weighted by Gasteiger charge is -2.33. The van der Waals surface area contributed by atoms with Gasteiger partial charge in [0.05, 0.1) is 24.1 Å². The summed E-state index contributed by atoms with van der Waals surface area (Å²) in [6.45, 7) is 1.70. The standard InChI is InChI=1S/C24H23N7O2/c32-24(27-18-3-1-11-25-13-18)26-17-7-5-16(6-8-17)22-28-23(21-4-2-12-31(21)29-22)30-14-19-9-10-20(15-30)33-19/h1-8,11-13,19-20H,9-10,14-15H2,(H2,26,27,32)/t19-,20-/m0/s1. The molecule has 5 heterocycles. The lowest BCUT2D eigenvalue weighted by molar-refractivity contribution is 0.0303. The monoisotopic (exact) mass is 441 g/mol. The van der Waals surface area contributed by atoms with Crippen molar-refractivity contribution in [3.63, 3.8) is 0 Å². The van der Waals surface area contributed by atoms with E-state index in [1.807, 2.05) is 47.1 Å². The Morgan fingerprint density at radius 3 is 2.52 bits per heavy atom. The van der Waals surface area contributed by atoms with Crippen molar-refractivity contribution >= 4 is 28.7 Å². The number of pyridine rings is 1. The van der Waals surface area contributed by atoms with E-state index in [-0.39, 0.29) is 18.2 Å². The maximum atomic E-state index is 12.2. The number of amides is 2. The molecule has 2 aliphatic heterocycles. The molecule has 9 heteroatoms. The Morgan fingerprint density at radius 2 is 1.76 bits per heavy atom. The molecule has 0 saturated carbocycles. The molecule has 2 saturated heterocycles. The highest BCUT2D eigenvalue weighted by Gasteiger charge is 2.35. The molecule has 3 aromatic heterocycles. The number of urea groups is 1. The van der Waals surface area contributed by atoms with Crippen LogP contribution in [0.2, 0.25) is 0 Å². The normalized spacial score (nSPS) is 19.6. The third kappa shape index (κ3) is 3.98. The third-order valence-electron chi connectivity index (χ3n) is 6.04. The number of hydrogen-bond acceptors (Lipinski definition) is 6. The summed E-state index contributed by atoms with van der Waals surface area (Å²) in [5.41, 5.74) is 3.17.